The number of rotatable bonds is 2. The van der Waals surface area contributed by atoms with Gasteiger partial charge in [-0.1, -0.05) is 0 Å². The van der Waals surface area contributed by atoms with Gasteiger partial charge in [0.15, 0.2) is 6.29 Å². The van der Waals surface area contributed by atoms with Crippen molar-refractivity contribution in [3.8, 4) is 6.07 Å². The summed E-state index contributed by atoms with van der Waals surface area (Å²) in [7, 11) is 0. The van der Waals surface area contributed by atoms with Crippen LogP contribution >= 0.6 is 0 Å². The van der Waals surface area contributed by atoms with E-state index in [4.69, 9.17) is 5.26 Å². The fourth-order valence-corrected chi connectivity index (χ4v) is 0.919. The Labute approximate surface area is 73.4 Å². The van der Waals surface area contributed by atoms with Gasteiger partial charge in [0.1, 0.15) is 18.2 Å². The highest BCUT2D eigenvalue weighted by atomic mass is 19.1. The van der Waals surface area contributed by atoms with Gasteiger partial charge >= 0.3 is 0 Å². The standard InChI is InChI=1S/C9H4FNO2/c10-9-2-6(4-12)1-7(3-11)8(9)5-13/h1-2,4-5H. The van der Waals surface area contributed by atoms with Crippen LogP contribution < -0.4 is 0 Å². The maximum absolute atomic E-state index is 12.9. The average Bonchev–Trinajstić information content (AvgIpc) is 2.16. The molecule has 0 amide bonds. The van der Waals surface area contributed by atoms with Gasteiger partial charge in [-0.2, -0.15) is 5.26 Å². The summed E-state index contributed by atoms with van der Waals surface area (Å²) < 4.78 is 12.9. The molecule has 0 radical (unpaired) electrons. The molecule has 0 saturated heterocycles. The smallest absolute Gasteiger partial charge is 0.154 e. The van der Waals surface area contributed by atoms with E-state index in [1.807, 2.05) is 0 Å². The molecule has 0 fully saturated rings. The molecule has 4 heteroatoms. The number of carbonyl (C=O) groups excluding carboxylic acids is 2. The molecule has 1 rings (SSSR count). The number of nitrogens with zero attached hydrogens (tertiary/aromatic N) is 1. The zero-order valence-electron chi connectivity index (χ0n) is 6.45. The highest BCUT2D eigenvalue weighted by molar-refractivity contribution is 5.83. The van der Waals surface area contributed by atoms with Crippen LogP contribution in [0, 0.1) is 17.1 Å². The second-order valence-corrected chi connectivity index (χ2v) is 2.31. The Morgan fingerprint density at radius 2 is 2.00 bits per heavy atom. The van der Waals surface area contributed by atoms with Crippen LogP contribution in [0.5, 0.6) is 0 Å². The van der Waals surface area contributed by atoms with Crippen molar-refractivity contribution in [2.24, 2.45) is 0 Å². The molecule has 1 aromatic rings. The lowest BCUT2D eigenvalue weighted by molar-refractivity contribution is 0.110. The van der Waals surface area contributed by atoms with E-state index < -0.39 is 5.82 Å². The first-order valence-corrected chi connectivity index (χ1v) is 3.37. The maximum atomic E-state index is 12.9. The van der Waals surface area contributed by atoms with Gasteiger partial charge in [0, 0.05) is 5.56 Å². The molecule has 0 aromatic heterocycles. The van der Waals surface area contributed by atoms with Crippen LogP contribution in [0.1, 0.15) is 26.3 Å². The highest BCUT2D eigenvalue weighted by Crippen LogP contribution is 2.12. The third-order valence-electron chi connectivity index (χ3n) is 1.53. The Balaban J connectivity index is 3.48. The van der Waals surface area contributed by atoms with Crippen molar-refractivity contribution in [1.29, 1.82) is 5.26 Å². The summed E-state index contributed by atoms with van der Waals surface area (Å²) in [4.78, 5) is 20.6. The molecule has 0 spiro atoms. The van der Waals surface area contributed by atoms with E-state index in [0.717, 1.165) is 6.07 Å². The zero-order chi connectivity index (χ0) is 9.84. The molecule has 0 aliphatic rings. The first-order valence-electron chi connectivity index (χ1n) is 3.37. The lowest BCUT2D eigenvalue weighted by atomic mass is 10.1. The van der Waals surface area contributed by atoms with Crippen molar-refractivity contribution in [3.63, 3.8) is 0 Å². The first-order chi connectivity index (χ1) is 6.22. The second kappa shape index (κ2) is 3.59. The molecular weight excluding hydrogens is 173 g/mol. The summed E-state index contributed by atoms with van der Waals surface area (Å²) in [5, 5.41) is 8.50. The normalized spacial score (nSPS) is 8.92. The minimum atomic E-state index is -0.851. The lowest BCUT2D eigenvalue weighted by Gasteiger charge is -1.98. The van der Waals surface area contributed by atoms with Crippen LogP contribution in [0.4, 0.5) is 4.39 Å². The molecule has 0 heterocycles. The van der Waals surface area contributed by atoms with Crippen LogP contribution in [0.25, 0.3) is 0 Å². The van der Waals surface area contributed by atoms with Crippen molar-refractivity contribution < 1.29 is 14.0 Å². The highest BCUT2D eigenvalue weighted by Gasteiger charge is 2.09. The molecule has 0 N–H and O–H groups in total. The largest absolute Gasteiger partial charge is 0.298 e. The van der Waals surface area contributed by atoms with E-state index in [2.05, 4.69) is 0 Å². The summed E-state index contributed by atoms with van der Waals surface area (Å²) >= 11 is 0. The lowest BCUT2D eigenvalue weighted by Crippen LogP contribution is -1.95. The molecule has 1 aromatic carbocycles. The van der Waals surface area contributed by atoms with Gasteiger partial charge in [-0.15, -0.1) is 0 Å². The SMILES string of the molecule is N#Cc1cc(C=O)cc(F)c1C=O. The van der Waals surface area contributed by atoms with Crippen molar-refractivity contribution in [1.82, 2.24) is 0 Å². The number of hydrogen-bond donors (Lipinski definition) is 0. The topological polar surface area (TPSA) is 57.9 Å². The number of benzene rings is 1. The molecule has 0 unspecified atom stereocenters. The summed E-state index contributed by atoms with van der Waals surface area (Å²) in [5.74, 6) is -0.851. The van der Waals surface area contributed by atoms with Crippen LogP contribution in [0.15, 0.2) is 12.1 Å². The van der Waals surface area contributed by atoms with E-state index in [1.165, 1.54) is 6.07 Å². The molecule has 13 heavy (non-hydrogen) atoms. The fraction of sp³-hybridized carbons (Fsp3) is 0. The average molecular weight is 177 g/mol. The number of hydrogen-bond acceptors (Lipinski definition) is 3. The van der Waals surface area contributed by atoms with E-state index in [-0.39, 0.29) is 23.0 Å². The van der Waals surface area contributed by atoms with E-state index >= 15 is 0 Å². The third kappa shape index (κ3) is 1.59. The van der Waals surface area contributed by atoms with E-state index in [0.29, 0.717) is 6.29 Å². The molecule has 64 valence electrons. The predicted octanol–water partition coefficient (Wildman–Crippen LogP) is 1.32. The molecule has 0 aliphatic carbocycles. The molecule has 0 saturated carbocycles. The van der Waals surface area contributed by atoms with Crippen molar-refractivity contribution >= 4 is 12.6 Å². The van der Waals surface area contributed by atoms with E-state index in [1.54, 1.807) is 6.07 Å². The Hall–Kier alpha value is -2.02. The molecular formula is C9H4FNO2. The Bertz CT molecular complexity index is 407. The second-order valence-electron chi connectivity index (χ2n) is 2.31. The van der Waals surface area contributed by atoms with Crippen LogP contribution in [0.3, 0.4) is 0 Å². The number of carbonyl (C=O) groups is 2. The maximum Gasteiger partial charge on any atom is 0.154 e. The molecule has 0 bridgehead atoms. The summed E-state index contributed by atoms with van der Waals surface area (Å²) in [6.07, 6.45) is 0.668. The Morgan fingerprint density at radius 1 is 1.31 bits per heavy atom. The van der Waals surface area contributed by atoms with Gasteiger partial charge in [-0.05, 0) is 12.1 Å². The molecule has 0 atom stereocenters. The van der Waals surface area contributed by atoms with Gasteiger partial charge < -0.3 is 0 Å². The summed E-state index contributed by atoms with van der Waals surface area (Å²) in [5.41, 5.74) is -0.398. The number of aldehydes is 2. The van der Waals surface area contributed by atoms with Crippen molar-refractivity contribution in [3.05, 3.63) is 34.6 Å². The van der Waals surface area contributed by atoms with E-state index in [9.17, 15) is 14.0 Å². The third-order valence-corrected chi connectivity index (χ3v) is 1.53. The minimum absolute atomic E-state index is 0.0413. The van der Waals surface area contributed by atoms with Gasteiger partial charge in [-0.25, -0.2) is 4.39 Å². The van der Waals surface area contributed by atoms with Gasteiger partial charge in [0.05, 0.1) is 11.1 Å². The van der Waals surface area contributed by atoms with Crippen LogP contribution in [-0.2, 0) is 0 Å². The zero-order valence-corrected chi connectivity index (χ0v) is 6.45. The fourth-order valence-electron chi connectivity index (χ4n) is 0.919. The van der Waals surface area contributed by atoms with Gasteiger partial charge in [-0.3, -0.25) is 9.59 Å². The van der Waals surface area contributed by atoms with Gasteiger partial charge in [0.2, 0.25) is 0 Å². The molecule has 0 aliphatic heterocycles. The summed E-state index contributed by atoms with van der Waals surface area (Å²) in [6, 6.07) is 3.71. The Kier molecular flexibility index (Phi) is 2.50. The number of nitriles is 1. The summed E-state index contributed by atoms with van der Waals surface area (Å²) in [6.45, 7) is 0. The van der Waals surface area contributed by atoms with Gasteiger partial charge in [0.25, 0.3) is 0 Å². The van der Waals surface area contributed by atoms with Crippen LogP contribution in [0.2, 0.25) is 0 Å². The quantitative estimate of drug-likeness (QED) is 0.640. The number of halogens is 1. The van der Waals surface area contributed by atoms with Crippen molar-refractivity contribution in [2.45, 2.75) is 0 Å². The Morgan fingerprint density at radius 3 is 2.46 bits per heavy atom. The van der Waals surface area contributed by atoms with Crippen LogP contribution in [-0.4, -0.2) is 12.6 Å². The van der Waals surface area contributed by atoms with Crippen molar-refractivity contribution in [2.75, 3.05) is 0 Å². The monoisotopic (exact) mass is 177 g/mol. The molecule has 3 nitrogen and oxygen atoms in total. The predicted molar refractivity (Wildman–Crippen MR) is 41.9 cm³/mol. The first kappa shape index (κ1) is 9.07. The minimum Gasteiger partial charge on any atom is -0.298 e.